The van der Waals surface area contributed by atoms with Crippen molar-refractivity contribution in [2.45, 2.75) is 4.21 Å². The summed E-state index contributed by atoms with van der Waals surface area (Å²) in [5.41, 5.74) is 3.50. The van der Waals surface area contributed by atoms with Crippen LogP contribution in [0.3, 0.4) is 0 Å². The number of amides is 1. The molecule has 9 heteroatoms. The molecule has 3 rings (SSSR count). The van der Waals surface area contributed by atoms with Gasteiger partial charge in [-0.2, -0.15) is 5.10 Å². The highest BCUT2D eigenvalue weighted by Crippen LogP contribution is 2.22. The molecule has 0 unspecified atom stereocenters. The molecule has 1 amide bonds. The van der Waals surface area contributed by atoms with Gasteiger partial charge < -0.3 is 0 Å². The fourth-order valence-corrected chi connectivity index (χ4v) is 4.13. The van der Waals surface area contributed by atoms with Gasteiger partial charge in [-0.1, -0.05) is 18.2 Å². The molecule has 0 bridgehead atoms. The smallest absolute Gasteiger partial charge is 0.273 e. The molecule has 26 heavy (non-hydrogen) atoms. The van der Waals surface area contributed by atoms with Gasteiger partial charge in [-0.15, -0.1) is 11.3 Å². The van der Waals surface area contributed by atoms with Gasteiger partial charge >= 0.3 is 0 Å². The van der Waals surface area contributed by atoms with Gasteiger partial charge in [0.05, 0.1) is 17.5 Å². The van der Waals surface area contributed by atoms with Gasteiger partial charge in [0.15, 0.2) is 0 Å². The number of pyridine rings is 1. The van der Waals surface area contributed by atoms with Crippen LogP contribution in [-0.2, 0) is 10.0 Å². The van der Waals surface area contributed by atoms with Crippen molar-refractivity contribution in [3.63, 3.8) is 0 Å². The number of sulfonamides is 1. The zero-order valence-electron chi connectivity index (χ0n) is 13.4. The van der Waals surface area contributed by atoms with Crippen molar-refractivity contribution in [3.05, 3.63) is 77.4 Å². The van der Waals surface area contributed by atoms with Crippen LogP contribution in [0, 0.1) is 0 Å². The van der Waals surface area contributed by atoms with Crippen molar-refractivity contribution in [1.82, 2.24) is 10.4 Å². The Hall–Kier alpha value is -3.04. The predicted octanol–water partition coefficient (Wildman–Crippen LogP) is 2.71. The molecule has 2 heterocycles. The summed E-state index contributed by atoms with van der Waals surface area (Å²) in [6, 6.07) is 12.9. The van der Waals surface area contributed by atoms with Crippen LogP contribution in [0.15, 0.2) is 75.6 Å². The highest BCUT2D eigenvalue weighted by molar-refractivity contribution is 7.94. The largest absolute Gasteiger partial charge is 0.278 e. The molecular weight excluding hydrogens is 372 g/mol. The molecule has 0 aliphatic heterocycles. The molecule has 0 saturated carbocycles. The third kappa shape index (κ3) is 4.32. The van der Waals surface area contributed by atoms with E-state index in [1.165, 1.54) is 24.4 Å². The number of hydrogen-bond donors (Lipinski definition) is 2. The molecule has 0 atom stereocenters. The van der Waals surface area contributed by atoms with Gasteiger partial charge in [-0.25, -0.2) is 13.8 Å². The molecule has 2 N–H and O–H groups in total. The number of thiophene rings is 1. The summed E-state index contributed by atoms with van der Waals surface area (Å²) in [6.07, 6.45) is 4.69. The Balaban J connectivity index is 1.76. The molecule has 0 spiro atoms. The number of para-hydroxylation sites is 1. The van der Waals surface area contributed by atoms with E-state index in [1.807, 2.05) is 0 Å². The molecule has 2 aromatic heterocycles. The van der Waals surface area contributed by atoms with E-state index in [-0.39, 0.29) is 15.5 Å². The lowest BCUT2D eigenvalue weighted by Crippen LogP contribution is -2.21. The second kappa shape index (κ2) is 7.89. The lowest BCUT2D eigenvalue weighted by molar-refractivity contribution is 0.0956. The van der Waals surface area contributed by atoms with Gasteiger partial charge in [-0.3, -0.25) is 14.5 Å². The number of hydrogen-bond acceptors (Lipinski definition) is 6. The van der Waals surface area contributed by atoms with Crippen LogP contribution in [0.2, 0.25) is 0 Å². The highest BCUT2D eigenvalue weighted by atomic mass is 32.2. The van der Waals surface area contributed by atoms with E-state index in [9.17, 15) is 13.2 Å². The first kappa shape index (κ1) is 17.8. The van der Waals surface area contributed by atoms with Gasteiger partial charge in [0.25, 0.3) is 15.9 Å². The molecule has 0 aliphatic rings. The third-order valence-corrected chi connectivity index (χ3v) is 6.02. The Morgan fingerprint density at radius 2 is 1.85 bits per heavy atom. The number of carbonyl (C=O) groups excluding carboxylic acids is 1. The van der Waals surface area contributed by atoms with Crippen molar-refractivity contribution in [2.75, 3.05) is 4.72 Å². The summed E-state index contributed by atoms with van der Waals surface area (Å²) in [6.45, 7) is 0. The van der Waals surface area contributed by atoms with Gasteiger partial charge in [-0.05, 0) is 41.3 Å². The van der Waals surface area contributed by atoms with Crippen LogP contribution in [0.5, 0.6) is 0 Å². The number of hydrazone groups is 1. The SMILES string of the molecule is O=C(NN=Cc1ccncc1)c1ccccc1NS(=O)(=O)c1cccs1. The zero-order valence-corrected chi connectivity index (χ0v) is 15.0. The van der Waals surface area contributed by atoms with Gasteiger partial charge in [0.1, 0.15) is 4.21 Å². The normalized spacial score (nSPS) is 11.4. The van der Waals surface area contributed by atoms with E-state index in [0.717, 1.165) is 16.9 Å². The monoisotopic (exact) mass is 386 g/mol. The maximum atomic E-state index is 12.4. The lowest BCUT2D eigenvalue weighted by Gasteiger charge is -2.10. The van der Waals surface area contributed by atoms with Crippen LogP contribution < -0.4 is 10.1 Å². The van der Waals surface area contributed by atoms with Crippen LogP contribution in [0.25, 0.3) is 0 Å². The van der Waals surface area contributed by atoms with E-state index >= 15 is 0 Å². The fraction of sp³-hybridized carbons (Fsp3) is 0. The summed E-state index contributed by atoms with van der Waals surface area (Å²) in [5, 5.41) is 5.55. The Kier molecular flexibility index (Phi) is 5.40. The molecule has 1 aromatic carbocycles. The van der Waals surface area contributed by atoms with E-state index in [1.54, 1.807) is 48.1 Å². The molecule has 132 valence electrons. The molecule has 0 radical (unpaired) electrons. The second-order valence-corrected chi connectivity index (χ2v) is 7.92. The fourth-order valence-electron chi connectivity index (χ4n) is 2.06. The van der Waals surface area contributed by atoms with E-state index in [4.69, 9.17) is 0 Å². The van der Waals surface area contributed by atoms with Crippen molar-refractivity contribution >= 4 is 39.2 Å². The Morgan fingerprint density at radius 1 is 1.08 bits per heavy atom. The number of carbonyl (C=O) groups is 1. The average molecular weight is 386 g/mol. The molecule has 3 aromatic rings. The molecule has 7 nitrogen and oxygen atoms in total. The van der Waals surface area contributed by atoms with Gasteiger partial charge in [0, 0.05) is 12.4 Å². The standard InChI is InChI=1S/C17H14N4O3S2/c22-17(20-19-12-13-7-9-18-10-8-13)14-4-1-2-5-15(14)21-26(23,24)16-6-3-11-25-16/h1-12,21H,(H,20,22). The van der Waals surface area contributed by atoms with Crippen LogP contribution in [0.1, 0.15) is 15.9 Å². The number of nitrogens with zero attached hydrogens (tertiary/aromatic N) is 2. The summed E-state index contributed by atoms with van der Waals surface area (Å²) in [5.74, 6) is -0.528. The van der Waals surface area contributed by atoms with Crippen molar-refractivity contribution in [1.29, 1.82) is 0 Å². The molecule has 0 fully saturated rings. The minimum Gasteiger partial charge on any atom is -0.278 e. The summed E-state index contributed by atoms with van der Waals surface area (Å²) >= 11 is 1.10. The molecule has 0 aliphatic carbocycles. The van der Waals surface area contributed by atoms with Crippen molar-refractivity contribution in [3.8, 4) is 0 Å². The average Bonchev–Trinajstić information content (AvgIpc) is 3.18. The summed E-state index contributed by atoms with van der Waals surface area (Å²) in [4.78, 5) is 16.2. The first-order chi connectivity index (χ1) is 12.6. The lowest BCUT2D eigenvalue weighted by atomic mass is 10.2. The number of rotatable bonds is 6. The molecule has 0 saturated heterocycles. The first-order valence-electron chi connectivity index (χ1n) is 7.45. The highest BCUT2D eigenvalue weighted by Gasteiger charge is 2.19. The van der Waals surface area contributed by atoms with E-state index in [2.05, 4.69) is 20.2 Å². The Morgan fingerprint density at radius 3 is 2.58 bits per heavy atom. The van der Waals surface area contributed by atoms with E-state index < -0.39 is 15.9 Å². The van der Waals surface area contributed by atoms with Crippen LogP contribution in [-0.4, -0.2) is 25.5 Å². The minimum atomic E-state index is -3.75. The topological polar surface area (TPSA) is 101 Å². The number of benzene rings is 1. The third-order valence-electron chi connectivity index (χ3n) is 3.26. The maximum Gasteiger partial charge on any atom is 0.273 e. The number of nitrogens with one attached hydrogen (secondary N) is 2. The summed E-state index contributed by atoms with van der Waals surface area (Å²) < 4.78 is 27.3. The number of anilines is 1. The Bertz CT molecular complexity index is 1020. The van der Waals surface area contributed by atoms with Crippen molar-refractivity contribution in [2.24, 2.45) is 5.10 Å². The summed E-state index contributed by atoms with van der Waals surface area (Å²) in [7, 11) is -3.75. The minimum absolute atomic E-state index is 0.166. The maximum absolute atomic E-state index is 12.4. The quantitative estimate of drug-likeness (QED) is 0.502. The van der Waals surface area contributed by atoms with E-state index in [0.29, 0.717) is 0 Å². The van der Waals surface area contributed by atoms with Gasteiger partial charge in [0.2, 0.25) is 0 Å². The predicted molar refractivity (Wildman–Crippen MR) is 101 cm³/mol. The molecular formula is C17H14N4O3S2. The zero-order chi connectivity index (χ0) is 18.4. The second-order valence-electron chi connectivity index (χ2n) is 5.06. The van der Waals surface area contributed by atoms with Crippen LogP contribution in [0.4, 0.5) is 5.69 Å². The van der Waals surface area contributed by atoms with Crippen molar-refractivity contribution < 1.29 is 13.2 Å². The Labute approximate surface area is 154 Å². The first-order valence-corrected chi connectivity index (χ1v) is 9.81. The number of aromatic nitrogens is 1. The van der Waals surface area contributed by atoms with Crippen LogP contribution >= 0.6 is 11.3 Å².